The van der Waals surface area contributed by atoms with Crippen LogP contribution >= 0.6 is 12.6 Å². The van der Waals surface area contributed by atoms with Gasteiger partial charge >= 0.3 is 12.1 Å². The molecular weight excluding hydrogens is 336 g/mol. The van der Waals surface area contributed by atoms with Gasteiger partial charge in [-0.15, -0.1) is 0 Å². The Bertz CT molecular complexity index is 739. The minimum Gasteiger partial charge on any atom is -0.465 e. The van der Waals surface area contributed by atoms with Crippen LogP contribution in [0.5, 0.6) is 0 Å². The van der Waals surface area contributed by atoms with E-state index in [1.807, 2.05) is 60.7 Å². The van der Waals surface area contributed by atoms with Crippen molar-refractivity contribution in [3.8, 4) is 0 Å². The Morgan fingerprint density at radius 2 is 1.52 bits per heavy atom. The van der Waals surface area contributed by atoms with E-state index < -0.39 is 18.2 Å². The van der Waals surface area contributed by atoms with Crippen LogP contribution in [0.2, 0.25) is 0 Å². The SMILES string of the molecule is O=C(O)N1C(=O)N(Cc2ccccc2)C(CS)C1Cc1ccccc1. The number of carbonyl (C=O) groups excluding carboxylic acids is 1. The maximum atomic E-state index is 12.8. The molecule has 25 heavy (non-hydrogen) atoms. The van der Waals surface area contributed by atoms with Gasteiger partial charge in [0.05, 0.1) is 12.1 Å². The van der Waals surface area contributed by atoms with Crippen molar-refractivity contribution in [2.24, 2.45) is 0 Å². The van der Waals surface area contributed by atoms with Crippen molar-refractivity contribution >= 4 is 24.8 Å². The highest BCUT2D eigenvalue weighted by Gasteiger charge is 2.48. The predicted molar refractivity (Wildman–Crippen MR) is 98.8 cm³/mol. The molecule has 1 aliphatic heterocycles. The monoisotopic (exact) mass is 356 g/mol. The summed E-state index contributed by atoms with van der Waals surface area (Å²) in [6.07, 6.45) is -0.733. The normalized spacial score (nSPS) is 20.1. The Balaban J connectivity index is 1.89. The standard InChI is InChI=1S/C19H20N2O3S/c22-18-20(12-15-9-5-2-6-10-15)17(13-25)16(21(18)19(23)24)11-14-7-3-1-4-8-14/h1-10,16-17,25H,11-13H2,(H,23,24). The quantitative estimate of drug-likeness (QED) is 0.806. The Morgan fingerprint density at radius 1 is 0.960 bits per heavy atom. The number of carboxylic acid groups (broad SMARTS) is 1. The number of rotatable bonds is 5. The number of hydrogen-bond donors (Lipinski definition) is 2. The summed E-state index contributed by atoms with van der Waals surface area (Å²) in [7, 11) is 0. The highest BCUT2D eigenvalue weighted by molar-refractivity contribution is 7.80. The molecule has 1 fully saturated rings. The van der Waals surface area contributed by atoms with Gasteiger partial charge in [0.25, 0.3) is 0 Å². The molecule has 2 aromatic carbocycles. The summed E-state index contributed by atoms with van der Waals surface area (Å²) < 4.78 is 0. The number of urea groups is 1. The molecule has 0 bridgehead atoms. The molecule has 3 rings (SSSR count). The van der Waals surface area contributed by atoms with Crippen LogP contribution in [0.4, 0.5) is 9.59 Å². The fraction of sp³-hybridized carbons (Fsp3) is 0.263. The van der Waals surface area contributed by atoms with E-state index in [0.29, 0.717) is 18.7 Å². The number of hydrogen-bond acceptors (Lipinski definition) is 3. The molecule has 0 saturated carbocycles. The van der Waals surface area contributed by atoms with Crippen molar-refractivity contribution in [3.05, 3.63) is 71.8 Å². The second-order valence-corrected chi connectivity index (χ2v) is 6.42. The van der Waals surface area contributed by atoms with E-state index in [4.69, 9.17) is 0 Å². The molecule has 2 unspecified atom stereocenters. The Kier molecular flexibility index (Phi) is 5.28. The van der Waals surface area contributed by atoms with E-state index in [-0.39, 0.29) is 6.04 Å². The van der Waals surface area contributed by atoms with E-state index in [9.17, 15) is 14.7 Å². The zero-order chi connectivity index (χ0) is 17.8. The first-order valence-electron chi connectivity index (χ1n) is 8.13. The summed E-state index contributed by atoms with van der Waals surface area (Å²) in [5.41, 5.74) is 1.97. The fourth-order valence-electron chi connectivity index (χ4n) is 3.29. The van der Waals surface area contributed by atoms with Crippen LogP contribution in [-0.2, 0) is 13.0 Å². The summed E-state index contributed by atoms with van der Waals surface area (Å²) in [5, 5.41) is 9.58. The maximum absolute atomic E-state index is 12.8. The van der Waals surface area contributed by atoms with Gasteiger partial charge in [-0.2, -0.15) is 12.6 Å². The molecule has 0 spiro atoms. The zero-order valence-electron chi connectivity index (χ0n) is 13.7. The average molecular weight is 356 g/mol. The van der Waals surface area contributed by atoms with Crippen molar-refractivity contribution in [1.82, 2.24) is 9.80 Å². The summed E-state index contributed by atoms with van der Waals surface area (Å²) in [5.74, 6) is 0.403. The van der Waals surface area contributed by atoms with Crippen LogP contribution in [0.3, 0.4) is 0 Å². The lowest BCUT2D eigenvalue weighted by Crippen LogP contribution is -2.42. The van der Waals surface area contributed by atoms with Crippen molar-refractivity contribution in [3.63, 3.8) is 0 Å². The third-order valence-electron chi connectivity index (χ3n) is 4.50. The van der Waals surface area contributed by atoms with Gasteiger partial charge in [0.1, 0.15) is 0 Å². The third-order valence-corrected chi connectivity index (χ3v) is 4.88. The van der Waals surface area contributed by atoms with Gasteiger partial charge in [0, 0.05) is 12.3 Å². The molecular formula is C19H20N2O3S. The molecule has 3 amide bonds. The van der Waals surface area contributed by atoms with Gasteiger partial charge in [0.2, 0.25) is 0 Å². The van der Waals surface area contributed by atoms with E-state index in [1.165, 1.54) is 0 Å². The summed E-state index contributed by atoms with van der Waals surface area (Å²) in [6, 6.07) is 18.0. The molecule has 0 radical (unpaired) electrons. The number of nitrogens with zero attached hydrogens (tertiary/aromatic N) is 2. The van der Waals surface area contributed by atoms with E-state index >= 15 is 0 Å². The first-order chi connectivity index (χ1) is 12.1. The van der Waals surface area contributed by atoms with E-state index in [0.717, 1.165) is 16.0 Å². The molecule has 130 valence electrons. The van der Waals surface area contributed by atoms with Crippen LogP contribution in [0, 0.1) is 0 Å². The topological polar surface area (TPSA) is 60.9 Å². The lowest BCUT2D eigenvalue weighted by atomic mass is 10.00. The Morgan fingerprint density at radius 3 is 2.04 bits per heavy atom. The summed E-state index contributed by atoms with van der Waals surface area (Å²) in [4.78, 5) is 27.1. The van der Waals surface area contributed by atoms with Gasteiger partial charge in [-0.05, 0) is 17.5 Å². The van der Waals surface area contributed by atoms with Gasteiger partial charge in [0.15, 0.2) is 0 Å². The fourth-order valence-corrected chi connectivity index (χ4v) is 3.73. The van der Waals surface area contributed by atoms with Gasteiger partial charge in [-0.1, -0.05) is 60.7 Å². The van der Waals surface area contributed by atoms with Crippen LogP contribution in [-0.4, -0.2) is 44.9 Å². The molecule has 2 atom stereocenters. The summed E-state index contributed by atoms with van der Waals surface area (Å²) >= 11 is 4.40. The van der Waals surface area contributed by atoms with Gasteiger partial charge < -0.3 is 10.0 Å². The molecule has 2 aromatic rings. The second-order valence-electron chi connectivity index (χ2n) is 6.06. The Labute approximate surface area is 152 Å². The minimum absolute atomic E-state index is 0.271. The highest BCUT2D eigenvalue weighted by Crippen LogP contribution is 2.28. The number of carbonyl (C=O) groups is 2. The maximum Gasteiger partial charge on any atom is 0.415 e. The number of imide groups is 1. The molecule has 1 aliphatic rings. The Hall–Kier alpha value is -2.47. The number of thiol groups is 1. The lowest BCUT2D eigenvalue weighted by Gasteiger charge is -2.25. The third kappa shape index (κ3) is 3.64. The average Bonchev–Trinajstić information content (AvgIpc) is 2.88. The zero-order valence-corrected chi connectivity index (χ0v) is 14.5. The van der Waals surface area contributed by atoms with E-state index in [1.54, 1.807) is 4.90 Å². The van der Waals surface area contributed by atoms with Crippen molar-refractivity contribution < 1.29 is 14.7 Å². The highest BCUT2D eigenvalue weighted by atomic mass is 32.1. The van der Waals surface area contributed by atoms with Crippen LogP contribution in [0.25, 0.3) is 0 Å². The summed E-state index contributed by atoms with van der Waals surface area (Å²) in [6.45, 7) is 0.375. The van der Waals surface area contributed by atoms with Crippen LogP contribution in [0.15, 0.2) is 60.7 Å². The van der Waals surface area contributed by atoms with Gasteiger partial charge in [-0.3, -0.25) is 0 Å². The number of benzene rings is 2. The van der Waals surface area contributed by atoms with Crippen LogP contribution in [0.1, 0.15) is 11.1 Å². The molecule has 1 heterocycles. The number of amides is 3. The first-order valence-corrected chi connectivity index (χ1v) is 8.76. The van der Waals surface area contributed by atoms with E-state index in [2.05, 4.69) is 12.6 Å². The molecule has 0 aromatic heterocycles. The largest absolute Gasteiger partial charge is 0.465 e. The molecule has 5 nitrogen and oxygen atoms in total. The van der Waals surface area contributed by atoms with Crippen molar-refractivity contribution in [2.75, 3.05) is 5.75 Å². The smallest absolute Gasteiger partial charge is 0.415 e. The predicted octanol–water partition coefficient (Wildman–Crippen LogP) is 3.51. The van der Waals surface area contributed by atoms with Gasteiger partial charge in [-0.25, -0.2) is 14.5 Å². The molecule has 1 N–H and O–H groups in total. The van der Waals surface area contributed by atoms with Crippen LogP contribution < -0.4 is 0 Å². The minimum atomic E-state index is -1.21. The lowest BCUT2D eigenvalue weighted by molar-refractivity contribution is 0.142. The molecule has 0 aliphatic carbocycles. The second kappa shape index (κ2) is 7.61. The van der Waals surface area contributed by atoms with Crippen molar-refractivity contribution in [2.45, 2.75) is 25.0 Å². The molecule has 1 saturated heterocycles. The van der Waals surface area contributed by atoms with Crippen molar-refractivity contribution in [1.29, 1.82) is 0 Å². The first kappa shape index (κ1) is 17.4. The molecule has 6 heteroatoms.